The maximum absolute atomic E-state index is 12.4. The number of aromatic amines is 1. The third kappa shape index (κ3) is 1.40. The number of rotatable bonds is 1. The van der Waals surface area contributed by atoms with Gasteiger partial charge in [-0.1, -0.05) is 25.1 Å². The van der Waals surface area contributed by atoms with Crippen LogP contribution in [0, 0.1) is 0 Å². The SMILES string of the molecule is CCc1ccc2[nH]c3ccccc3c(=O)c2c1O. The molecule has 2 aromatic carbocycles. The first kappa shape index (κ1) is 10.8. The van der Waals surface area contributed by atoms with Crippen molar-refractivity contribution in [1.29, 1.82) is 0 Å². The summed E-state index contributed by atoms with van der Waals surface area (Å²) in [5.41, 5.74) is 2.14. The molecular formula is C15H13NO2. The highest BCUT2D eigenvalue weighted by atomic mass is 16.3. The van der Waals surface area contributed by atoms with Crippen molar-refractivity contribution in [2.75, 3.05) is 0 Å². The number of hydrogen-bond acceptors (Lipinski definition) is 2. The van der Waals surface area contributed by atoms with Crippen LogP contribution in [-0.2, 0) is 6.42 Å². The Labute approximate surface area is 104 Å². The molecule has 18 heavy (non-hydrogen) atoms. The molecule has 0 aliphatic heterocycles. The minimum absolute atomic E-state index is 0.0991. The standard InChI is InChI=1S/C15H13NO2/c1-2-9-7-8-12-13(14(9)17)15(18)10-5-3-4-6-11(10)16-12/h3-8,17H,2H2,1H3,(H,16,18). The molecule has 1 heterocycles. The average molecular weight is 239 g/mol. The van der Waals surface area contributed by atoms with Gasteiger partial charge in [0.15, 0.2) is 0 Å². The number of H-pyrrole nitrogens is 1. The summed E-state index contributed by atoms with van der Waals surface area (Å²) in [5, 5.41) is 11.2. The van der Waals surface area contributed by atoms with E-state index in [4.69, 9.17) is 0 Å². The zero-order chi connectivity index (χ0) is 12.7. The highest BCUT2D eigenvalue weighted by Crippen LogP contribution is 2.27. The molecule has 0 aliphatic carbocycles. The molecule has 0 unspecified atom stereocenters. The lowest BCUT2D eigenvalue weighted by atomic mass is 10.0. The lowest BCUT2D eigenvalue weighted by Gasteiger charge is -2.07. The van der Waals surface area contributed by atoms with Crippen LogP contribution in [0.2, 0.25) is 0 Å². The smallest absolute Gasteiger partial charge is 0.200 e. The highest BCUT2D eigenvalue weighted by Gasteiger charge is 2.11. The van der Waals surface area contributed by atoms with E-state index in [1.54, 1.807) is 6.07 Å². The van der Waals surface area contributed by atoms with E-state index in [1.165, 1.54) is 0 Å². The van der Waals surface area contributed by atoms with Crippen molar-refractivity contribution in [2.24, 2.45) is 0 Å². The van der Waals surface area contributed by atoms with E-state index in [1.807, 2.05) is 37.3 Å². The van der Waals surface area contributed by atoms with Crippen LogP contribution in [0.5, 0.6) is 5.75 Å². The lowest BCUT2D eigenvalue weighted by molar-refractivity contribution is 0.475. The molecule has 0 radical (unpaired) electrons. The number of pyridine rings is 1. The fraction of sp³-hybridized carbons (Fsp3) is 0.133. The van der Waals surface area contributed by atoms with E-state index in [0.717, 1.165) is 11.1 Å². The second kappa shape index (κ2) is 3.88. The molecule has 0 atom stereocenters. The lowest BCUT2D eigenvalue weighted by Crippen LogP contribution is -2.05. The number of aromatic nitrogens is 1. The van der Waals surface area contributed by atoms with Crippen molar-refractivity contribution in [3.05, 3.63) is 52.2 Å². The number of benzene rings is 2. The van der Waals surface area contributed by atoms with Gasteiger partial charge in [0.05, 0.1) is 10.9 Å². The number of phenols is 1. The maximum Gasteiger partial charge on any atom is 0.200 e. The number of phenolic OH excluding ortho intramolecular Hbond substituents is 1. The number of nitrogens with one attached hydrogen (secondary N) is 1. The van der Waals surface area contributed by atoms with Gasteiger partial charge in [-0.05, 0) is 30.2 Å². The Bertz CT molecular complexity index is 803. The summed E-state index contributed by atoms with van der Waals surface area (Å²) in [7, 11) is 0. The summed E-state index contributed by atoms with van der Waals surface area (Å²) in [5.74, 6) is 0.0991. The van der Waals surface area contributed by atoms with Gasteiger partial charge in [0.2, 0.25) is 5.43 Å². The van der Waals surface area contributed by atoms with Gasteiger partial charge in [-0.15, -0.1) is 0 Å². The van der Waals surface area contributed by atoms with Crippen molar-refractivity contribution in [2.45, 2.75) is 13.3 Å². The zero-order valence-corrected chi connectivity index (χ0v) is 10.0. The average Bonchev–Trinajstić information content (AvgIpc) is 2.39. The molecule has 2 N–H and O–H groups in total. The first-order chi connectivity index (χ1) is 8.72. The van der Waals surface area contributed by atoms with E-state index in [0.29, 0.717) is 22.7 Å². The summed E-state index contributed by atoms with van der Waals surface area (Å²) < 4.78 is 0. The van der Waals surface area contributed by atoms with Crippen molar-refractivity contribution >= 4 is 21.8 Å². The van der Waals surface area contributed by atoms with Crippen molar-refractivity contribution in [1.82, 2.24) is 4.98 Å². The molecule has 0 spiro atoms. The largest absolute Gasteiger partial charge is 0.507 e. The van der Waals surface area contributed by atoms with Crippen LogP contribution in [0.15, 0.2) is 41.2 Å². The van der Waals surface area contributed by atoms with Gasteiger partial charge in [0.25, 0.3) is 0 Å². The molecule has 1 aromatic heterocycles. The molecule has 0 aliphatic rings. The number of fused-ring (bicyclic) bond motifs is 2. The third-order valence-corrected chi connectivity index (χ3v) is 3.31. The van der Waals surface area contributed by atoms with Gasteiger partial charge < -0.3 is 10.1 Å². The van der Waals surface area contributed by atoms with E-state index in [-0.39, 0.29) is 11.2 Å². The van der Waals surface area contributed by atoms with Crippen LogP contribution in [0.1, 0.15) is 12.5 Å². The van der Waals surface area contributed by atoms with Crippen molar-refractivity contribution in [3.8, 4) is 5.75 Å². The van der Waals surface area contributed by atoms with Crippen LogP contribution in [-0.4, -0.2) is 10.1 Å². The van der Waals surface area contributed by atoms with Gasteiger partial charge in [-0.25, -0.2) is 0 Å². The molecule has 0 bridgehead atoms. The molecule has 3 heteroatoms. The van der Waals surface area contributed by atoms with Gasteiger partial charge in [0, 0.05) is 10.9 Å². The fourth-order valence-electron chi connectivity index (χ4n) is 2.32. The molecule has 0 saturated carbocycles. The van der Waals surface area contributed by atoms with Gasteiger partial charge in [-0.2, -0.15) is 0 Å². The first-order valence-electron chi connectivity index (χ1n) is 5.98. The summed E-state index contributed by atoms with van der Waals surface area (Å²) in [6.07, 6.45) is 0.702. The molecule has 3 rings (SSSR count). The van der Waals surface area contributed by atoms with E-state index >= 15 is 0 Å². The predicted octanol–water partition coefficient (Wildman–Crippen LogP) is 2.95. The summed E-state index contributed by atoms with van der Waals surface area (Å²) in [6.45, 7) is 1.95. The molecule has 0 amide bonds. The Kier molecular flexibility index (Phi) is 2.33. The quantitative estimate of drug-likeness (QED) is 0.641. The van der Waals surface area contributed by atoms with Crippen LogP contribution < -0.4 is 5.43 Å². The summed E-state index contributed by atoms with van der Waals surface area (Å²) in [6, 6.07) is 11.0. The van der Waals surface area contributed by atoms with Crippen LogP contribution in [0.25, 0.3) is 21.8 Å². The van der Waals surface area contributed by atoms with E-state index < -0.39 is 0 Å². The minimum Gasteiger partial charge on any atom is -0.507 e. The molecular weight excluding hydrogens is 226 g/mol. The topological polar surface area (TPSA) is 53.1 Å². The first-order valence-corrected chi connectivity index (χ1v) is 5.98. The Morgan fingerprint density at radius 3 is 2.67 bits per heavy atom. The van der Waals surface area contributed by atoms with Gasteiger partial charge >= 0.3 is 0 Å². The monoisotopic (exact) mass is 239 g/mol. The second-order valence-corrected chi connectivity index (χ2v) is 4.35. The molecule has 3 nitrogen and oxygen atoms in total. The summed E-state index contributed by atoms with van der Waals surface area (Å²) >= 11 is 0. The van der Waals surface area contributed by atoms with E-state index in [9.17, 15) is 9.90 Å². The van der Waals surface area contributed by atoms with E-state index in [2.05, 4.69) is 4.98 Å². The number of para-hydroxylation sites is 1. The normalized spacial score (nSPS) is 11.2. The second-order valence-electron chi connectivity index (χ2n) is 4.35. The van der Waals surface area contributed by atoms with Crippen molar-refractivity contribution < 1.29 is 5.11 Å². The Morgan fingerprint density at radius 1 is 1.11 bits per heavy atom. The predicted molar refractivity (Wildman–Crippen MR) is 73.1 cm³/mol. The number of aryl methyl sites for hydroxylation is 1. The zero-order valence-electron chi connectivity index (χ0n) is 10.0. The van der Waals surface area contributed by atoms with Gasteiger partial charge in [-0.3, -0.25) is 4.79 Å². The Hall–Kier alpha value is -2.29. The Balaban J connectivity index is 2.57. The van der Waals surface area contributed by atoms with Crippen molar-refractivity contribution in [3.63, 3.8) is 0 Å². The highest BCUT2D eigenvalue weighted by molar-refractivity contribution is 5.96. The Morgan fingerprint density at radius 2 is 1.89 bits per heavy atom. The third-order valence-electron chi connectivity index (χ3n) is 3.31. The maximum atomic E-state index is 12.4. The molecule has 0 fully saturated rings. The summed E-state index contributed by atoms with van der Waals surface area (Å²) in [4.78, 5) is 15.6. The molecule has 90 valence electrons. The van der Waals surface area contributed by atoms with Crippen LogP contribution >= 0.6 is 0 Å². The molecule has 3 aromatic rings. The number of aromatic hydroxyl groups is 1. The number of hydrogen-bond donors (Lipinski definition) is 2. The van der Waals surface area contributed by atoms with Gasteiger partial charge in [0.1, 0.15) is 5.75 Å². The molecule has 0 saturated heterocycles. The minimum atomic E-state index is -0.118. The fourth-order valence-corrected chi connectivity index (χ4v) is 2.32. The van der Waals surface area contributed by atoms with Crippen LogP contribution in [0.3, 0.4) is 0 Å². The van der Waals surface area contributed by atoms with Crippen LogP contribution in [0.4, 0.5) is 0 Å².